The Bertz CT molecular complexity index is 1400. The molecule has 0 saturated carbocycles. The topological polar surface area (TPSA) is 72.2 Å². The number of hydrogen-bond donors (Lipinski definition) is 0. The quantitative estimate of drug-likeness (QED) is 0.285. The van der Waals surface area contributed by atoms with Crippen molar-refractivity contribution < 1.29 is 49.8 Å². The molecule has 1 aliphatic heterocycles. The van der Waals surface area contributed by atoms with Crippen molar-refractivity contribution in [3.05, 3.63) is 82.3 Å². The smallest absolute Gasteiger partial charge is 0.416 e. The number of benzene rings is 2. The first-order chi connectivity index (χ1) is 19.1. The van der Waals surface area contributed by atoms with Crippen molar-refractivity contribution in [2.75, 3.05) is 13.3 Å². The highest BCUT2D eigenvalue weighted by Gasteiger charge is 2.38. The molecule has 0 radical (unpaired) electrons. The minimum atomic E-state index is -5.13. The lowest BCUT2D eigenvalue weighted by atomic mass is 10.0. The van der Waals surface area contributed by atoms with E-state index in [9.17, 15) is 35.9 Å². The fourth-order valence-corrected chi connectivity index (χ4v) is 4.23. The molecule has 0 unspecified atom stereocenters. The zero-order chi connectivity index (χ0) is 30.1. The molecule has 0 fully saturated rings. The molecular formula is C28H26F6N2O5. The Labute approximate surface area is 231 Å². The molecule has 1 aliphatic rings. The van der Waals surface area contributed by atoms with Gasteiger partial charge in [-0.3, -0.25) is 9.59 Å². The van der Waals surface area contributed by atoms with Crippen LogP contribution in [-0.2, 0) is 30.2 Å². The van der Waals surface area contributed by atoms with E-state index in [0.29, 0.717) is 40.7 Å². The molecule has 7 nitrogen and oxygen atoms in total. The van der Waals surface area contributed by atoms with Gasteiger partial charge in [0.1, 0.15) is 18.1 Å². The van der Waals surface area contributed by atoms with Gasteiger partial charge in [-0.15, -0.1) is 0 Å². The summed E-state index contributed by atoms with van der Waals surface area (Å²) in [4.78, 5) is 29.2. The summed E-state index contributed by atoms with van der Waals surface area (Å²) in [5.41, 5.74) is -3.43. The first-order valence-electron chi connectivity index (χ1n) is 12.4. The van der Waals surface area contributed by atoms with Crippen LogP contribution >= 0.6 is 0 Å². The van der Waals surface area contributed by atoms with Crippen LogP contribution in [0.3, 0.4) is 0 Å². The average molecular weight is 585 g/mol. The fourth-order valence-electron chi connectivity index (χ4n) is 4.23. The molecule has 0 aliphatic carbocycles. The van der Waals surface area contributed by atoms with Crippen LogP contribution in [0.25, 0.3) is 0 Å². The third-order valence-corrected chi connectivity index (χ3v) is 6.33. The van der Waals surface area contributed by atoms with Crippen molar-refractivity contribution in [2.24, 2.45) is 0 Å². The lowest BCUT2D eigenvalue weighted by molar-refractivity contribution is -0.143. The second kappa shape index (κ2) is 11.4. The van der Waals surface area contributed by atoms with Crippen LogP contribution in [-0.4, -0.2) is 41.0 Å². The lowest BCUT2D eigenvalue weighted by Gasteiger charge is -2.30. The Morgan fingerprint density at radius 2 is 1.49 bits per heavy atom. The van der Waals surface area contributed by atoms with Gasteiger partial charge in [0.05, 0.1) is 17.7 Å². The number of aryl methyl sites for hydroxylation is 1. The summed E-state index contributed by atoms with van der Waals surface area (Å²) in [5.74, 6) is 0.284. The first kappa shape index (κ1) is 29.8. The Morgan fingerprint density at radius 1 is 0.854 bits per heavy atom. The Balaban J connectivity index is 1.63. The van der Waals surface area contributed by atoms with E-state index >= 15 is 0 Å². The minimum Gasteiger partial charge on any atom is -0.464 e. The van der Waals surface area contributed by atoms with Gasteiger partial charge in [-0.2, -0.15) is 26.3 Å². The number of fused-ring (bicyclic) bond motifs is 1. The van der Waals surface area contributed by atoms with E-state index in [1.165, 1.54) is 18.7 Å². The predicted octanol–water partition coefficient (Wildman–Crippen LogP) is 6.43. The fraction of sp³-hybridized carbons (Fsp3) is 0.357. The number of nitrogens with zero attached hydrogens (tertiary/aromatic N) is 2. The minimum absolute atomic E-state index is 0.0109. The highest BCUT2D eigenvalue weighted by Crippen LogP contribution is 2.37. The molecule has 3 aromatic rings. The molecule has 1 aromatic heterocycles. The summed E-state index contributed by atoms with van der Waals surface area (Å²) in [7, 11) is 0. The number of ether oxygens (including phenoxy) is 2. The normalized spacial score (nSPS) is 13.0. The largest absolute Gasteiger partial charge is 0.464 e. The standard InChI is InChI=1S/C28H26F6N2O5/c1-16(2)36(26(38)19-9-20(27(29,30)31)11-21(10-19)28(32,33)34)14-25(37)35(13-22-6-4-17(3)41-22)12-18-5-7-23-24(8-18)40-15-39-23/h4-11,16H,12-15H2,1-3H3. The van der Waals surface area contributed by atoms with E-state index in [1.54, 1.807) is 37.3 Å². The molecule has 2 aromatic carbocycles. The second-order valence-corrected chi connectivity index (χ2v) is 9.77. The molecular weight excluding hydrogens is 558 g/mol. The van der Waals surface area contributed by atoms with Crippen molar-refractivity contribution in [3.8, 4) is 11.5 Å². The van der Waals surface area contributed by atoms with Gasteiger partial charge in [-0.25, -0.2) is 0 Å². The Kier molecular flexibility index (Phi) is 8.27. The van der Waals surface area contributed by atoms with Crippen LogP contribution < -0.4 is 9.47 Å². The maximum Gasteiger partial charge on any atom is 0.416 e. The van der Waals surface area contributed by atoms with Gasteiger partial charge in [0.2, 0.25) is 12.7 Å². The van der Waals surface area contributed by atoms with Gasteiger partial charge in [0.15, 0.2) is 11.5 Å². The number of alkyl halides is 6. The van der Waals surface area contributed by atoms with Gasteiger partial charge in [-0.05, 0) is 68.8 Å². The summed E-state index contributed by atoms with van der Waals surface area (Å²) in [6, 6.07) is 8.36. The molecule has 0 bridgehead atoms. The maximum atomic E-state index is 13.6. The number of hydrogen-bond acceptors (Lipinski definition) is 5. The molecule has 0 spiro atoms. The van der Waals surface area contributed by atoms with Gasteiger partial charge >= 0.3 is 12.4 Å². The van der Waals surface area contributed by atoms with Crippen LogP contribution in [0.15, 0.2) is 52.9 Å². The van der Waals surface area contributed by atoms with Gasteiger partial charge < -0.3 is 23.7 Å². The van der Waals surface area contributed by atoms with Crippen LogP contribution in [0.4, 0.5) is 26.3 Å². The van der Waals surface area contributed by atoms with E-state index in [2.05, 4.69) is 0 Å². The third-order valence-electron chi connectivity index (χ3n) is 6.33. The van der Waals surface area contributed by atoms with E-state index in [-0.39, 0.29) is 25.9 Å². The molecule has 41 heavy (non-hydrogen) atoms. The highest BCUT2D eigenvalue weighted by atomic mass is 19.4. The van der Waals surface area contributed by atoms with Crippen molar-refractivity contribution in [3.63, 3.8) is 0 Å². The average Bonchev–Trinajstić information content (AvgIpc) is 3.53. The number of carbonyl (C=O) groups is 2. The van der Waals surface area contributed by atoms with Crippen molar-refractivity contribution in [1.82, 2.24) is 9.80 Å². The number of rotatable bonds is 8. The van der Waals surface area contributed by atoms with Gasteiger partial charge in [0, 0.05) is 18.2 Å². The molecule has 2 heterocycles. The van der Waals surface area contributed by atoms with Crippen molar-refractivity contribution >= 4 is 11.8 Å². The molecule has 0 saturated heterocycles. The van der Waals surface area contributed by atoms with E-state index in [4.69, 9.17) is 13.9 Å². The number of amides is 2. The van der Waals surface area contributed by atoms with E-state index in [1.807, 2.05) is 0 Å². The summed E-state index contributed by atoms with van der Waals surface area (Å²) >= 11 is 0. The van der Waals surface area contributed by atoms with Crippen LogP contribution in [0, 0.1) is 6.92 Å². The molecule has 0 atom stereocenters. The van der Waals surface area contributed by atoms with E-state index in [0.717, 1.165) is 4.90 Å². The zero-order valence-corrected chi connectivity index (χ0v) is 22.2. The van der Waals surface area contributed by atoms with Crippen LogP contribution in [0.2, 0.25) is 0 Å². The maximum absolute atomic E-state index is 13.6. The monoisotopic (exact) mass is 584 g/mol. The van der Waals surface area contributed by atoms with Crippen LogP contribution in [0.1, 0.15) is 52.4 Å². The SMILES string of the molecule is Cc1ccc(CN(Cc2ccc3c(c2)OCO3)C(=O)CN(C(=O)c2cc(C(F)(F)F)cc(C(F)(F)F)c2)C(C)C)o1. The van der Waals surface area contributed by atoms with E-state index < -0.39 is 53.4 Å². The van der Waals surface area contributed by atoms with Crippen molar-refractivity contribution in [2.45, 2.75) is 52.3 Å². The summed E-state index contributed by atoms with van der Waals surface area (Å²) in [6.45, 7) is 4.18. The summed E-state index contributed by atoms with van der Waals surface area (Å²) in [6.07, 6.45) is -10.3. The number of carbonyl (C=O) groups excluding carboxylic acids is 2. The molecule has 4 rings (SSSR count). The summed E-state index contributed by atoms with van der Waals surface area (Å²) in [5, 5.41) is 0. The number of furan rings is 1. The second-order valence-electron chi connectivity index (χ2n) is 9.77. The molecule has 220 valence electrons. The number of halogens is 6. The molecule has 0 N–H and O–H groups in total. The highest BCUT2D eigenvalue weighted by molar-refractivity contribution is 5.97. The Morgan fingerprint density at radius 3 is 2.05 bits per heavy atom. The first-order valence-corrected chi connectivity index (χ1v) is 12.4. The van der Waals surface area contributed by atoms with Gasteiger partial charge in [-0.1, -0.05) is 6.07 Å². The third kappa shape index (κ3) is 7.14. The summed E-state index contributed by atoms with van der Waals surface area (Å²) < 4.78 is 96.7. The van der Waals surface area contributed by atoms with Crippen LogP contribution in [0.5, 0.6) is 11.5 Å². The van der Waals surface area contributed by atoms with Gasteiger partial charge in [0.25, 0.3) is 5.91 Å². The molecule has 13 heteroatoms. The molecule has 2 amide bonds. The Hall–Kier alpha value is -4.16. The van der Waals surface area contributed by atoms with Crippen molar-refractivity contribution in [1.29, 1.82) is 0 Å². The lowest BCUT2D eigenvalue weighted by Crippen LogP contribution is -2.45. The zero-order valence-electron chi connectivity index (χ0n) is 22.2. The predicted molar refractivity (Wildman–Crippen MR) is 133 cm³/mol.